The number of nitriles is 1. The van der Waals surface area contributed by atoms with Gasteiger partial charge >= 0.3 is 0 Å². The molecule has 27 heavy (non-hydrogen) atoms. The fourth-order valence-electron chi connectivity index (χ4n) is 3.66. The van der Waals surface area contributed by atoms with Crippen molar-refractivity contribution in [1.82, 2.24) is 14.6 Å². The number of rotatable bonds is 2. The van der Waals surface area contributed by atoms with Gasteiger partial charge in [0.1, 0.15) is 23.0 Å². The zero-order valence-electron chi connectivity index (χ0n) is 14.0. The molecule has 4 heterocycles. The second-order valence-corrected chi connectivity index (χ2v) is 7.31. The Bertz CT molecular complexity index is 1260. The quantitative estimate of drug-likeness (QED) is 0.465. The van der Waals surface area contributed by atoms with E-state index < -0.39 is 5.82 Å². The fourth-order valence-corrected chi connectivity index (χ4v) is 4.04. The van der Waals surface area contributed by atoms with E-state index in [-0.39, 0.29) is 11.7 Å². The number of nitrogens with zero attached hydrogens (tertiary/aromatic N) is 5. The molecule has 5 rings (SSSR count). The number of hydrogen-bond donors (Lipinski definition) is 0. The molecule has 0 saturated carbocycles. The molecule has 1 atom stereocenters. The minimum absolute atomic E-state index is 0.0862. The maximum atomic E-state index is 13.6. The average Bonchev–Trinajstić information content (AvgIpc) is 3.18. The molecule has 1 aliphatic rings. The highest BCUT2D eigenvalue weighted by atomic mass is 79.9. The lowest BCUT2D eigenvalue weighted by Gasteiger charge is -2.05. The van der Waals surface area contributed by atoms with Gasteiger partial charge in [0.05, 0.1) is 11.8 Å². The summed E-state index contributed by atoms with van der Waals surface area (Å²) in [6.45, 7) is 0. The van der Waals surface area contributed by atoms with Crippen LogP contribution in [0.1, 0.15) is 23.1 Å². The molecule has 3 aromatic heterocycles. The van der Waals surface area contributed by atoms with Gasteiger partial charge in [0.2, 0.25) is 12.2 Å². The largest absolute Gasteiger partial charge is 0.252 e. The lowest BCUT2D eigenvalue weighted by molar-refractivity contribution is -0.771. The Balaban J connectivity index is 1.68. The molecule has 5 nitrogen and oxygen atoms in total. The van der Waals surface area contributed by atoms with Crippen LogP contribution in [0.25, 0.3) is 16.6 Å². The molecule has 130 valence electrons. The van der Waals surface area contributed by atoms with Gasteiger partial charge in [-0.15, -0.1) is 9.36 Å². The summed E-state index contributed by atoms with van der Waals surface area (Å²) in [6, 6.07) is 14.8. The number of benzene rings is 1. The van der Waals surface area contributed by atoms with Crippen molar-refractivity contribution in [3.8, 4) is 11.8 Å². The molecular weight excluding hydrogens is 409 g/mol. The van der Waals surface area contributed by atoms with E-state index in [1.807, 2.05) is 24.3 Å². The number of pyridine rings is 2. The van der Waals surface area contributed by atoms with Crippen LogP contribution < -0.4 is 4.68 Å². The third-order valence-corrected chi connectivity index (χ3v) is 5.30. The zero-order chi connectivity index (χ0) is 18.5. The fraction of sp³-hybridized carbons (Fsp3) is 0.100. The summed E-state index contributed by atoms with van der Waals surface area (Å²) in [5.74, 6) is -0.599. The van der Waals surface area contributed by atoms with Gasteiger partial charge in [-0.2, -0.15) is 5.26 Å². The van der Waals surface area contributed by atoms with Crippen molar-refractivity contribution in [3.63, 3.8) is 0 Å². The zero-order valence-corrected chi connectivity index (χ0v) is 15.6. The summed E-state index contributed by atoms with van der Waals surface area (Å²) in [7, 11) is 0. The van der Waals surface area contributed by atoms with Crippen molar-refractivity contribution in [2.75, 3.05) is 0 Å². The molecule has 7 heteroatoms. The van der Waals surface area contributed by atoms with Crippen molar-refractivity contribution < 1.29 is 9.07 Å². The summed E-state index contributed by atoms with van der Waals surface area (Å²) in [6.07, 6.45) is 4.37. The smallest absolute Gasteiger partial charge is 0.231 e. The van der Waals surface area contributed by atoms with Crippen LogP contribution in [0.2, 0.25) is 0 Å². The van der Waals surface area contributed by atoms with E-state index in [4.69, 9.17) is 5.26 Å². The summed E-state index contributed by atoms with van der Waals surface area (Å²) in [4.78, 5) is 8.76. The van der Waals surface area contributed by atoms with E-state index in [0.29, 0.717) is 12.1 Å². The molecule has 0 fully saturated rings. The second kappa shape index (κ2) is 5.96. The van der Waals surface area contributed by atoms with Gasteiger partial charge in [-0.1, -0.05) is 15.9 Å². The SMILES string of the molecule is N#Cc1nc(CC2c3ncccc3-n3c4ccc(Br)cc4c[n+]32)ccc1F. The third kappa shape index (κ3) is 2.45. The van der Waals surface area contributed by atoms with Gasteiger partial charge in [0.15, 0.2) is 11.5 Å². The molecule has 0 aliphatic carbocycles. The number of hydrogen-bond acceptors (Lipinski definition) is 3. The van der Waals surface area contributed by atoms with Gasteiger partial charge < -0.3 is 0 Å². The molecule has 1 aliphatic heterocycles. The summed E-state index contributed by atoms with van der Waals surface area (Å²) in [5.41, 5.74) is 3.51. The van der Waals surface area contributed by atoms with Gasteiger partial charge in [0, 0.05) is 16.4 Å². The van der Waals surface area contributed by atoms with Crippen molar-refractivity contribution in [3.05, 3.63) is 82.2 Å². The first kappa shape index (κ1) is 16.1. The van der Waals surface area contributed by atoms with E-state index >= 15 is 0 Å². The highest BCUT2D eigenvalue weighted by Gasteiger charge is 2.39. The number of fused-ring (bicyclic) bond motifs is 5. The number of halogens is 2. The molecule has 0 spiro atoms. The van der Waals surface area contributed by atoms with Crippen molar-refractivity contribution in [2.45, 2.75) is 12.5 Å². The van der Waals surface area contributed by atoms with E-state index in [0.717, 1.165) is 26.8 Å². The summed E-state index contributed by atoms with van der Waals surface area (Å²) < 4.78 is 18.9. The van der Waals surface area contributed by atoms with Crippen LogP contribution in [0.4, 0.5) is 4.39 Å². The molecule has 1 aromatic carbocycles. The monoisotopic (exact) mass is 420 g/mol. The topological polar surface area (TPSA) is 58.4 Å². The summed E-state index contributed by atoms with van der Waals surface area (Å²) >= 11 is 3.52. The molecule has 0 bridgehead atoms. The molecule has 0 radical (unpaired) electrons. The molecule has 4 aromatic rings. The van der Waals surface area contributed by atoms with Crippen molar-refractivity contribution in [2.24, 2.45) is 0 Å². The predicted molar refractivity (Wildman–Crippen MR) is 99.7 cm³/mol. The van der Waals surface area contributed by atoms with Crippen LogP contribution >= 0.6 is 15.9 Å². The Morgan fingerprint density at radius 3 is 3.00 bits per heavy atom. The van der Waals surface area contributed by atoms with Crippen molar-refractivity contribution >= 4 is 26.8 Å². The Kier molecular flexibility index (Phi) is 3.55. The van der Waals surface area contributed by atoms with Gasteiger partial charge in [-0.3, -0.25) is 4.98 Å². The summed E-state index contributed by atoms with van der Waals surface area (Å²) in [5, 5.41) is 10.2. The molecule has 0 amide bonds. The average molecular weight is 421 g/mol. The van der Waals surface area contributed by atoms with Gasteiger partial charge in [0.25, 0.3) is 0 Å². The molecule has 0 saturated heterocycles. The predicted octanol–water partition coefficient (Wildman–Crippen LogP) is 3.63. The maximum Gasteiger partial charge on any atom is 0.231 e. The van der Waals surface area contributed by atoms with Crippen LogP contribution in [-0.4, -0.2) is 14.6 Å². The maximum absolute atomic E-state index is 13.6. The highest BCUT2D eigenvalue weighted by molar-refractivity contribution is 9.10. The lowest BCUT2D eigenvalue weighted by Crippen LogP contribution is -2.42. The van der Waals surface area contributed by atoms with E-state index in [9.17, 15) is 4.39 Å². The Labute approximate surface area is 162 Å². The van der Waals surface area contributed by atoms with Crippen LogP contribution in [-0.2, 0) is 6.42 Å². The Hall–Kier alpha value is -3.11. The lowest BCUT2D eigenvalue weighted by atomic mass is 10.1. The highest BCUT2D eigenvalue weighted by Crippen LogP contribution is 2.32. The van der Waals surface area contributed by atoms with Crippen molar-refractivity contribution in [1.29, 1.82) is 5.26 Å². The Morgan fingerprint density at radius 1 is 1.26 bits per heavy atom. The van der Waals surface area contributed by atoms with E-state index in [1.54, 1.807) is 12.3 Å². The van der Waals surface area contributed by atoms with Crippen LogP contribution in [0, 0.1) is 17.1 Å². The standard InChI is InChI=1S/C20H12BrFN5/c21-13-3-6-17-12(8-13)11-26-19(20-18(27(17)26)2-1-7-24-20)9-14-4-5-15(22)16(10-23)25-14/h1-8,11,19H,9H2/q+1. The van der Waals surface area contributed by atoms with Crippen LogP contribution in [0.3, 0.4) is 0 Å². The minimum Gasteiger partial charge on any atom is -0.252 e. The first-order valence-electron chi connectivity index (χ1n) is 8.39. The molecular formula is C20H12BrFN5+. The first-order chi connectivity index (χ1) is 13.2. The number of aromatic nitrogens is 4. The normalized spacial score (nSPS) is 14.8. The third-order valence-electron chi connectivity index (χ3n) is 4.81. The van der Waals surface area contributed by atoms with Crippen LogP contribution in [0.15, 0.2) is 59.3 Å². The van der Waals surface area contributed by atoms with Gasteiger partial charge in [-0.25, -0.2) is 9.37 Å². The minimum atomic E-state index is -0.599. The first-order valence-corrected chi connectivity index (χ1v) is 9.18. The van der Waals surface area contributed by atoms with E-state index in [2.05, 4.69) is 53.6 Å². The van der Waals surface area contributed by atoms with Crippen LogP contribution in [0.5, 0.6) is 0 Å². The van der Waals surface area contributed by atoms with Gasteiger partial charge in [-0.05, 0) is 42.5 Å². The molecule has 0 N–H and O–H groups in total. The molecule has 1 unspecified atom stereocenters. The van der Waals surface area contributed by atoms with E-state index in [1.165, 1.54) is 6.07 Å². The second-order valence-electron chi connectivity index (χ2n) is 6.40. The Morgan fingerprint density at radius 2 is 2.15 bits per heavy atom.